The summed E-state index contributed by atoms with van der Waals surface area (Å²) >= 11 is 0. The average Bonchev–Trinajstić information content (AvgIpc) is 2.34. The molecule has 0 radical (unpaired) electrons. The molecule has 2 N–H and O–H groups in total. The van der Waals surface area contributed by atoms with Crippen molar-refractivity contribution in [3.63, 3.8) is 0 Å². The van der Waals surface area contributed by atoms with Gasteiger partial charge < -0.3 is 10.6 Å². The standard InChI is InChI=1S/C14H31N3O2S/c1-7-20(18,19)11-10-16-13(15-6)17-12(2)8-9-14(3,4)5/h12H,7-11H2,1-6H3,(H2,15,16,17). The molecule has 0 saturated heterocycles. The molecule has 0 amide bonds. The SMILES string of the molecule is CCS(=O)(=O)CCNC(=NC)NC(C)CCC(C)(C)C. The maximum absolute atomic E-state index is 11.4. The van der Waals surface area contributed by atoms with Gasteiger partial charge in [0.1, 0.15) is 0 Å². The van der Waals surface area contributed by atoms with E-state index in [0.717, 1.165) is 12.8 Å². The Balaban J connectivity index is 4.11. The Labute approximate surface area is 124 Å². The van der Waals surface area contributed by atoms with Crippen LogP contribution in [0.4, 0.5) is 0 Å². The number of aliphatic imine (C=N–C) groups is 1. The lowest BCUT2D eigenvalue weighted by molar-refractivity contribution is 0.346. The predicted octanol–water partition coefficient (Wildman–Crippen LogP) is 1.80. The Morgan fingerprint density at radius 3 is 2.35 bits per heavy atom. The van der Waals surface area contributed by atoms with Crippen molar-refractivity contribution < 1.29 is 8.42 Å². The van der Waals surface area contributed by atoms with Gasteiger partial charge in [0.25, 0.3) is 0 Å². The summed E-state index contributed by atoms with van der Waals surface area (Å²) in [5.74, 6) is 0.987. The molecule has 6 heteroatoms. The second-order valence-electron chi connectivity index (χ2n) is 6.38. The van der Waals surface area contributed by atoms with Crippen LogP contribution in [0, 0.1) is 5.41 Å². The highest BCUT2D eigenvalue weighted by molar-refractivity contribution is 7.91. The van der Waals surface area contributed by atoms with Gasteiger partial charge in [0.2, 0.25) is 0 Å². The van der Waals surface area contributed by atoms with E-state index in [2.05, 4.69) is 43.3 Å². The van der Waals surface area contributed by atoms with Crippen LogP contribution in [0.2, 0.25) is 0 Å². The molecule has 0 saturated carbocycles. The number of nitrogens with zero attached hydrogens (tertiary/aromatic N) is 1. The van der Waals surface area contributed by atoms with Gasteiger partial charge in [-0.2, -0.15) is 0 Å². The van der Waals surface area contributed by atoms with E-state index in [9.17, 15) is 8.42 Å². The highest BCUT2D eigenvalue weighted by atomic mass is 32.2. The van der Waals surface area contributed by atoms with E-state index in [4.69, 9.17) is 0 Å². The third-order valence-electron chi connectivity index (χ3n) is 3.08. The molecule has 0 aromatic carbocycles. The first-order chi connectivity index (χ1) is 9.09. The Bertz CT molecular complexity index is 397. The Kier molecular flexibility index (Phi) is 8.16. The van der Waals surface area contributed by atoms with Crippen LogP contribution >= 0.6 is 0 Å². The van der Waals surface area contributed by atoms with Gasteiger partial charge in [0, 0.05) is 25.4 Å². The number of sulfone groups is 1. The van der Waals surface area contributed by atoms with E-state index in [0.29, 0.717) is 24.0 Å². The molecule has 0 fully saturated rings. The van der Waals surface area contributed by atoms with E-state index in [-0.39, 0.29) is 11.5 Å². The number of guanidine groups is 1. The molecule has 0 heterocycles. The van der Waals surface area contributed by atoms with Crippen molar-refractivity contribution in [1.82, 2.24) is 10.6 Å². The Hall–Kier alpha value is -0.780. The summed E-state index contributed by atoms with van der Waals surface area (Å²) in [5, 5.41) is 6.34. The first kappa shape index (κ1) is 19.2. The average molecular weight is 305 g/mol. The number of rotatable bonds is 7. The zero-order valence-corrected chi connectivity index (χ0v) is 14.6. The quantitative estimate of drug-likeness (QED) is 0.556. The molecule has 0 aliphatic rings. The summed E-state index contributed by atoms with van der Waals surface area (Å²) < 4.78 is 22.8. The summed E-state index contributed by atoms with van der Waals surface area (Å²) in [6.45, 7) is 10.8. The molecule has 20 heavy (non-hydrogen) atoms. The van der Waals surface area contributed by atoms with Crippen molar-refractivity contribution in [2.45, 2.75) is 53.5 Å². The molecule has 0 aromatic heterocycles. The largest absolute Gasteiger partial charge is 0.355 e. The maximum atomic E-state index is 11.4. The summed E-state index contributed by atoms with van der Waals surface area (Å²) in [7, 11) is -1.23. The van der Waals surface area contributed by atoms with Gasteiger partial charge in [-0.05, 0) is 25.2 Å². The van der Waals surface area contributed by atoms with Crippen LogP contribution in [-0.2, 0) is 9.84 Å². The molecule has 0 aliphatic carbocycles. The number of hydrogen-bond acceptors (Lipinski definition) is 3. The molecule has 1 atom stereocenters. The number of nitrogens with one attached hydrogen (secondary N) is 2. The molecule has 5 nitrogen and oxygen atoms in total. The normalized spacial score (nSPS) is 15.0. The fraction of sp³-hybridized carbons (Fsp3) is 0.929. The Morgan fingerprint density at radius 1 is 1.30 bits per heavy atom. The molecular formula is C14H31N3O2S. The lowest BCUT2D eigenvalue weighted by Crippen LogP contribution is -2.44. The topological polar surface area (TPSA) is 70.6 Å². The third-order valence-corrected chi connectivity index (χ3v) is 4.79. The van der Waals surface area contributed by atoms with Crippen molar-refractivity contribution in [2.75, 3.05) is 25.1 Å². The van der Waals surface area contributed by atoms with Gasteiger partial charge in [-0.15, -0.1) is 0 Å². The van der Waals surface area contributed by atoms with E-state index >= 15 is 0 Å². The maximum Gasteiger partial charge on any atom is 0.191 e. The van der Waals surface area contributed by atoms with Gasteiger partial charge >= 0.3 is 0 Å². The van der Waals surface area contributed by atoms with Crippen LogP contribution in [0.3, 0.4) is 0 Å². The van der Waals surface area contributed by atoms with Crippen molar-refractivity contribution >= 4 is 15.8 Å². The highest BCUT2D eigenvalue weighted by Crippen LogP contribution is 2.21. The molecule has 0 rings (SSSR count). The van der Waals surface area contributed by atoms with Crippen molar-refractivity contribution in [2.24, 2.45) is 10.4 Å². The molecule has 0 aliphatic heterocycles. The monoisotopic (exact) mass is 305 g/mol. The third kappa shape index (κ3) is 10.1. The zero-order chi connectivity index (χ0) is 15.8. The van der Waals surface area contributed by atoms with E-state index in [1.807, 2.05) is 0 Å². The van der Waals surface area contributed by atoms with Crippen LogP contribution in [0.25, 0.3) is 0 Å². The second-order valence-corrected chi connectivity index (χ2v) is 8.85. The summed E-state index contributed by atoms with van der Waals surface area (Å²) in [6.07, 6.45) is 2.18. The highest BCUT2D eigenvalue weighted by Gasteiger charge is 2.13. The first-order valence-electron chi connectivity index (χ1n) is 7.27. The van der Waals surface area contributed by atoms with Crippen molar-refractivity contribution in [1.29, 1.82) is 0 Å². The van der Waals surface area contributed by atoms with Crippen LogP contribution in [0.1, 0.15) is 47.5 Å². The molecule has 0 aromatic rings. The molecule has 0 spiro atoms. The Morgan fingerprint density at radius 2 is 1.90 bits per heavy atom. The van der Waals surface area contributed by atoms with Gasteiger partial charge in [0.05, 0.1) is 5.75 Å². The molecular weight excluding hydrogens is 274 g/mol. The smallest absolute Gasteiger partial charge is 0.191 e. The van der Waals surface area contributed by atoms with Gasteiger partial charge in [-0.3, -0.25) is 4.99 Å². The lowest BCUT2D eigenvalue weighted by Gasteiger charge is -2.23. The van der Waals surface area contributed by atoms with Gasteiger partial charge in [0.15, 0.2) is 15.8 Å². The summed E-state index contributed by atoms with van der Waals surface area (Å²) in [4.78, 5) is 4.12. The predicted molar refractivity (Wildman–Crippen MR) is 87.0 cm³/mol. The minimum Gasteiger partial charge on any atom is -0.355 e. The molecule has 0 bridgehead atoms. The lowest BCUT2D eigenvalue weighted by atomic mass is 9.89. The van der Waals surface area contributed by atoms with Crippen LogP contribution in [0.15, 0.2) is 4.99 Å². The van der Waals surface area contributed by atoms with Crippen LogP contribution in [-0.4, -0.2) is 45.5 Å². The van der Waals surface area contributed by atoms with Gasteiger partial charge in [-0.25, -0.2) is 8.42 Å². The number of hydrogen-bond donors (Lipinski definition) is 2. The fourth-order valence-corrected chi connectivity index (χ4v) is 2.32. The van der Waals surface area contributed by atoms with Crippen LogP contribution < -0.4 is 10.6 Å². The van der Waals surface area contributed by atoms with E-state index < -0.39 is 9.84 Å². The van der Waals surface area contributed by atoms with Gasteiger partial charge in [-0.1, -0.05) is 27.7 Å². The summed E-state index contributed by atoms with van der Waals surface area (Å²) in [6, 6.07) is 0.309. The van der Waals surface area contributed by atoms with E-state index in [1.54, 1.807) is 14.0 Å². The first-order valence-corrected chi connectivity index (χ1v) is 9.09. The van der Waals surface area contributed by atoms with Crippen LogP contribution in [0.5, 0.6) is 0 Å². The second kappa shape index (κ2) is 8.49. The zero-order valence-electron chi connectivity index (χ0n) is 13.8. The minimum absolute atomic E-state index is 0.139. The van der Waals surface area contributed by atoms with Crippen molar-refractivity contribution in [3.8, 4) is 0 Å². The summed E-state index contributed by atoms with van der Waals surface area (Å²) in [5.41, 5.74) is 0.322. The molecule has 1 unspecified atom stereocenters. The minimum atomic E-state index is -2.93. The molecule has 120 valence electrons. The van der Waals surface area contributed by atoms with Crippen molar-refractivity contribution in [3.05, 3.63) is 0 Å². The van der Waals surface area contributed by atoms with E-state index in [1.165, 1.54) is 0 Å². The fourth-order valence-electron chi connectivity index (χ4n) is 1.62.